The fourth-order valence-corrected chi connectivity index (χ4v) is 1.52. The average Bonchev–Trinajstić information content (AvgIpc) is 2.37. The lowest BCUT2D eigenvalue weighted by atomic mass is 10.1. The molecule has 0 fully saturated rings. The van der Waals surface area contributed by atoms with Crippen LogP contribution in [0, 0.1) is 0 Å². The van der Waals surface area contributed by atoms with Gasteiger partial charge in [0.1, 0.15) is 18.1 Å². The molecule has 0 aliphatic heterocycles. The number of phenolic OH excluding ortho intramolecular Hbond substituents is 1. The van der Waals surface area contributed by atoms with E-state index in [9.17, 15) is 14.7 Å². The molecule has 3 atom stereocenters. The van der Waals surface area contributed by atoms with Crippen molar-refractivity contribution in [3.8, 4) is 5.75 Å². The van der Waals surface area contributed by atoms with E-state index < -0.39 is 24.1 Å². The number of aliphatic hydroxyl groups is 1. The largest absolute Gasteiger partial charge is 0.508 e. The molecule has 19 heavy (non-hydrogen) atoms. The Morgan fingerprint density at radius 1 is 1.42 bits per heavy atom. The van der Waals surface area contributed by atoms with Crippen LogP contribution in [0.4, 0.5) is 0 Å². The predicted octanol–water partition coefficient (Wildman–Crippen LogP) is -0.673. The van der Waals surface area contributed by atoms with Crippen molar-refractivity contribution < 1.29 is 19.8 Å². The van der Waals surface area contributed by atoms with Gasteiger partial charge in [-0.1, -0.05) is 12.1 Å². The van der Waals surface area contributed by atoms with Crippen molar-refractivity contribution in [3.05, 3.63) is 29.8 Å². The number of aldehydes is 1. The Kier molecular flexibility index (Phi) is 5.47. The highest BCUT2D eigenvalue weighted by Crippen LogP contribution is 2.10. The molecular formula is C13H18N2O4. The Morgan fingerprint density at radius 3 is 2.47 bits per heavy atom. The lowest BCUT2D eigenvalue weighted by molar-refractivity contribution is -0.126. The highest BCUT2D eigenvalue weighted by molar-refractivity contribution is 5.84. The summed E-state index contributed by atoms with van der Waals surface area (Å²) < 4.78 is 0. The molecule has 0 saturated heterocycles. The van der Waals surface area contributed by atoms with Gasteiger partial charge in [0, 0.05) is 0 Å². The zero-order valence-corrected chi connectivity index (χ0v) is 10.6. The smallest absolute Gasteiger partial charge is 0.237 e. The lowest BCUT2D eigenvalue weighted by Gasteiger charge is -2.18. The van der Waals surface area contributed by atoms with Crippen LogP contribution in [0.3, 0.4) is 0 Å². The molecule has 6 nitrogen and oxygen atoms in total. The number of carbonyl (C=O) groups is 2. The molecule has 0 saturated carbocycles. The van der Waals surface area contributed by atoms with E-state index >= 15 is 0 Å². The molecule has 1 amide bonds. The quantitative estimate of drug-likeness (QED) is 0.510. The fraction of sp³-hybridized carbons (Fsp3) is 0.385. The van der Waals surface area contributed by atoms with Gasteiger partial charge in [-0.3, -0.25) is 4.79 Å². The molecule has 0 aliphatic carbocycles. The van der Waals surface area contributed by atoms with Gasteiger partial charge >= 0.3 is 0 Å². The van der Waals surface area contributed by atoms with Crippen molar-refractivity contribution in [2.45, 2.75) is 31.5 Å². The number of hydrogen-bond acceptors (Lipinski definition) is 5. The van der Waals surface area contributed by atoms with E-state index in [0.29, 0.717) is 6.29 Å². The van der Waals surface area contributed by atoms with Crippen LogP contribution in [0.15, 0.2) is 24.3 Å². The van der Waals surface area contributed by atoms with E-state index in [-0.39, 0.29) is 12.2 Å². The molecule has 0 unspecified atom stereocenters. The highest BCUT2D eigenvalue weighted by Gasteiger charge is 2.21. The van der Waals surface area contributed by atoms with Crippen molar-refractivity contribution in [1.82, 2.24) is 5.32 Å². The molecule has 0 aliphatic rings. The van der Waals surface area contributed by atoms with Crippen LogP contribution in [0.5, 0.6) is 5.75 Å². The lowest BCUT2D eigenvalue weighted by Crippen LogP contribution is -2.50. The predicted molar refractivity (Wildman–Crippen MR) is 69.5 cm³/mol. The van der Waals surface area contributed by atoms with Gasteiger partial charge in [0.2, 0.25) is 5.91 Å². The highest BCUT2D eigenvalue weighted by atomic mass is 16.3. The van der Waals surface area contributed by atoms with Crippen LogP contribution < -0.4 is 11.1 Å². The molecule has 1 aromatic carbocycles. The Bertz CT molecular complexity index is 431. The average molecular weight is 266 g/mol. The topological polar surface area (TPSA) is 113 Å². The van der Waals surface area contributed by atoms with Gasteiger partial charge in [-0.2, -0.15) is 0 Å². The molecule has 104 valence electrons. The summed E-state index contributed by atoms with van der Waals surface area (Å²) in [7, 11) is 0. The molecule has 1 aromatic rings. The van der Waals surface area contributed by atoms with Crippen molar-refractivity contribution in [1.29, 1.82) is 0 Å². The number of rotatable bonds is 6. The van der Waals surface area contributed by atoms with Crippen LogP contribution in [-0.2, 0) is 16.0 Å². The SMILES string of the molecule is C[C@@H](O)[C@@H](C=O)NC(=O)[C@H](N)Cc1ccc(O)cc1. The number of benzene rings is 1. The van der Waals surface area contributed by atoms with Gasteiger partial charge in [0.05, 0.1) is 12.1 Å². The van der Waals surface area contributed by atoms with Gasteiger partial charge in [0.15, 0.2) is 0 Å². The normalized spacial score (nSPS) is 15.3. The maximum atomic E-state index is 11.7. The first-order valence-corrected chi connectivity index (χ1v) is 5.91. The van der Waals surface area contributed by atoms with Crippen molar-refractivity contribution in [3.63, 3.8) is 0 Å². The minimum Gasteiger partial charge on any atom is -0.508 e. The van der Waals surface area contributed by atoms with Gasteiger partial charge < -0.3 is 26.1 Å². The Labute approximate surface area is 111 Å². The van der Waals surface area contributed by atoms with Crippen LogP contribution in [0.2, 0.25) is 0 Å². The number of nitrogens with two attached hydrogens (primary N) is 1. The second-order valence-electron chi connectivity index (χ2n) is 4.39. The van der Waals surface area contributed by atoms with Gasteiger partial charge in [0.25, 0.3) is 0 Å². The molecule has 6 heteroatoms. The van der Waals surface area contributed by atoms with E-state index in [1.165, 1.54) is 19.1 Å². The molecule has 1 rings (SSSR count). The van der Waals surface area contributed by atoms with E-state index in [4.69, 9.17) is 10.8 Å². The molecule has 0 spiro atoms. The summed E-state index contributed by atoms with van der Waals surface area (Å²) in [4.78, 5) is 22.4. The van der Waals surface area contributed by atoms with Crippen molar-refractivity contribution in [2.75, 3.05) is 0 Å². The summed E-state index contributed by atoms with van der Waals surface area (Å²) in [6.07, 6.45) is -0.227. The Morgan fingerprint density at radius 2 is 2.00 bits per heavy atom. The molecule has 0 radical (unpaired) electrons. The summed E-state index contributed by atoms with van der Waals surface area (Å²) in [5, 5.41) is 20.7. The molecule has 5 N–H and O–H groups in total. The summed E-state index contributed by atoms with van der Waals surface area (Å²) in [5.41, 5.74) is 6.51. The minimum atomic E-state index is -0.970. The maximum absolute atomic E-state index is 11.7. The van der Waals surface area contributed by atoms with Crippen LogP contribution in [0.25, 0.3) is 0 Å². The third-order valence-corrected chi connectivity index (χ3v) is 2.70. The standard InChI is InChI=1S/C13H18N2O4/c1-8(17)12(7-16)15-13(19)11(14)6-9-2-4-10(18)5-3-9/h2-5,7-8,11-12,17-18H,6,14H2,1H3,(H,15,19)/t8-,11-,12-/m1/s1. The van der Waals surface area contributed by atoms with Gasteiger partial charge in [-0.15, -0.1) is 0 Å². The Balaban J connectivity index is 2.57. The first-order valence-electron chi connectivity index (χ1n) is 5.91. The van der Waals surface area contributed by atoms with Gasteiger partial charge in [-0.05, 0) is 31.0 Å². The number of nitrogens with one attached hydrogen (secondary N) is 1. The summed E-state index contributed by atoms with van der Waals surface area (Å²) >= 11 is 0. The van der Waals surface area contributed by atoms with Crippen LogP contribution >= 0.6 is 0 Å². The van der Waals surface area contributed by atoms with E-state index in [1.54, 1.807) is 12.1 Å². The van der Waals surface area contributed by atoms with Crippen molar-refractivity contribution >= 4 is 12.2 Å². The van der Waals surface area contributed by atoms with E-state index in [0.717, 1.165) is 5.56 Å². The molecule has 0 aromatic heterocycles. The second kappa shape index (κ2) is 6.86. The third-order valence-electron chi connectivity index (χ3n) is 2.70. The number of amides is 1. The first-order chi connectivity index (χ1) is 8.93. The molecule has 0 heterocycles. The number of carbonyl (C=O) groups excluding carboxylic acids is 2. The Hall–Kier alpha value is -1.92. The number of aromatic hydroxyl groups is 1. The summed E-state index contributed by atoms with van der Waals surface area (Å²) in [6.45, 7) is 1.41. The molecule has 0 bridgehead atoms. The summed E-state index contributed by atoms with van der Waals surface area (Å²) in [5.74, 6) is -0.372. The van der Waals surface area contributed by atoms with E-state index in [1.807, 2.05) is 0 Å². The third kappa shape index (κ3) is 4.69. The van der Waals surface area contributed by atoms with Crippen LogP contribution in [-0.4, -0.2) is 40.6 Å². The maximum Gasteiger partial charge on any atom is 0.237 e. The van der Waals surface area contributed by atoms with E-state index in [2.05, 4.69) is 5.32 Å². The van der Waals surface area contributed by atoms with Crippen LogP contribution in [0.1, 0.15) is 12.5 Å². The number of hydrogen-bond donors (Lipinski definition) is 4. The monoisotopic (exact) mass is 266 g/mol. The second-order valence-corrected chi connectivity index (χ2v) is 4.39. The minimum absolute atomic E-state index is 0.136. The first kappa shape index (κ1) is 15.1. The molecular weight excluding hydrogens is 248 g/mol. The fourth-order valence-electron chi connectivity index (χ4n) is 1.52. The number of aliphatic hydroxyl groups excluding tert-OH is 1. The van der Waals surface area contributed by atoms with Gasteiger partial charge in [-0.25, -0.2) is 0 Å². The zero-order chi connectivity index (χ0) is 14.4. The zero-order valence-electron chi connectivity index (χ0n) is 10.6. The van der Waals surface area contributed by atoms with Crippen molar-refractivity contribution in [2.24, 2.45) is 5.73 Å². The summed E-state index contributed by atoms with van der Waals surface area (Å²) in [6, 6.07) is 4.54. The number of phenols is 1.